The highest BCUT2D eigenvalue weighted by molar-refractivity contribution is 5.72. The Labute approximate surface area is 106 Å². The number of aromatic nitrogens is 1. The molecule has 98 valence electrons. The average Bonchev–Trinajstić information content (AvgIpc) is 2.32. The van der Waals surface area contributed by atoms with Gasteiger partial charge in [0.2, 0.25) is 0 Å². The van der Waals surface area contributed by atoms with Crippen LogP contribution in [0.25, 0.3) is 0 Å². The summed E-state index contributed by atoms with van der Waals surface area (Å²) in [6, 6.07) is 1.68. The molecule has 1 aromatic rings. The first-order valence-corrected chi connectivity index (χ1v) is 6.32. The van der Waals surface area contributed by atoms with Gasteiger partial charge in [-0.1, -0.05) is 13.3 Å². The van der Waals surface area contributed by atoms with Gasteiger partial charge in [-0.25, -0.2) is 9.37 Å². The van der Waals surface area contributed by atoms with Crippen molar-refractivity contribution in [3.63, 3.8) is 0 Å². The van der Waals surface area contributed by atoms with Crippen molar-refractivity contribution in [3.05, 3.63) is 23.8 Å². The smallest absolute Gasteiger partial charge is 0.171 e. The van der Waals surface area contributed by atoms with E-state index in [1.54, 1.807) is 0 Å². The molecule has 0 spiro atoms. The Bertz CT molecular complexity index is 419. The third-order valence-electron chi connectivity index (χ3n) is 3.14. The van der Waals surface area contributed by atoms with Crippen LogP contribution in [0.4, 0.5) is 10.1 Å². The molecule has 0 bridgehead atoms. The summed E-state index contributed by atoms with van der Waals surface area (Å²) < 4.78 is 13.3. The first-order chi connectivity index (χ1) is 8.72. The van der Waals surface area contributed by atoms with Crippen molar-refractivity contribution in [2.45, 2.75) is 25.8 Å². The molecular formula is C13H18FN3O. The van der Waals surface area contributed by atoms with E-state index >= 15 is 0 Å². The van der Waals surface area contributed by atoms with Crippen LogP contribution in [0.3, 0.4) is 0 Å². The highest BCUT2D eigenvalue weighted by atomic mass is 19.1. The van der Waals surface area contributed by atoms with Crippen LogP contribution >= 0.6 is 0 Å². The fourth-order valence-electron chi connectivity index (χ4n) is 2.08. The Morgan fingerprint density at radius 2 is 2.39 bits per heavy atom. The number of anilines is 1. The molecule has 1 saturated heterocycles. The topological polar surface area (TPSA) is 45.2 Å². The van der Waals surface area contributed by atoms with Gasteiger partial charge < -0.3 is 5.32 Å². The first kappa shape index (κ1) is 13.0. The average molecular weight is 251 g/mol. The molecule has 1 aromatic heterocycles. The molecule has 18 heavy (non-hydrogen) atoms. The van der Waals surface area contributed by atoms with Crippen LogP contribution in [0.2, 0.25) is 0 Å². The number of carbonyl (C=O) groups excluding carboxylic acids is 1. The minimum Gasteiger partial charge on any atom is -0.378 e. The molecule has 0 atom stereocenters. The third-order valence-corrected chi connectivity index (χ3v) is 3.14. The van der Waals surface area contributed by atoms with Crippen molar-refractivity contribution in [2.75, 3.05) is 25.0 Å². The van der Waals surface area contributed by atoms with Gasteiger partial charge in [0.1, 0.15) is 5.69 Å². The van der Waals surface area contributed by atoms with Crippen LogP contribution < -0.4 is 5.32 Å². The molecule has 1 aliphatic heterocycles. The second-order valence-corrected chi connectivity index (χ2v) is 4.66. The molecule has 0 unspecified atom stereocenters. The van der Waals surface area contributed by atoms with Crippen molar-refractivity contribution >= 4 is 12.0 Å². The van der Waals surface area contributed by atoms with E-state index in [2.05, 4.69) is 22.1 Å². The molecule has 0 saturated carbocycles. The van der Waals surface area contributed by atoms with Crippen molar-refractivity contribution in [1.29, 1.82) is 0 Å². The molecule has 1 N–H and O–H groups in total. The zero-order chi connectivity index (χ0) is 13.0. The first-order valence-electron chi connectivity index (χ1n) is 6.32. The van der Waals surface area contributed by atoms with Crippen LogP contribution in [-0.4, -0.2) is 41.8 Å². The van der Waals surface area contributed by atoms with Crippen molar-refractivity contribution < 1.29 is 9.18 Å². The Morgan fingerprint density at radius 1 is 1.61 bits per heavy atom. The van der Waals surface area contributed by atoms with Gasteiger partial charge in [0.25, 0.3) is 0 Å². The normalized spacial score (nSPS) is 16.3. The number of rotatable bonds is 6. The van der Waals surface area contributed by atoms with E-state index in [1.165, 1.54) is 25.1 Å². The molecule has 0 aromatic carbocycles. The van der Waals surface area contributed by atoms with E-state index in [0.717, 1.165) is 19.6 Å². The number of nitrogens with one attached hydrogen (secondary N) is 1. The van der Waals surface area contributed by atoms with E-state index in [9.17, 15) is 9.18 Å². The van der Waals surface area contributed by atoms with Gasteiger partial charge >= 0.3 is 0 Å². The van der Waals surface area contributed by atoms with E-state index in [1.807, 2.05) is 0 Å². The summed E-state index contributed by atoms with van der Waals surface area (Å²) in [5.41, 5.74) is 0.497. The van der Waals surface area contributed by atoms with Crippen LogP contribution in [-0.2, 0) is 0 Å². The zero-order valence-corrected chi connectivity index (χ0v) is 10.5. The number of hydrogen-bond acceptors (Lipinski definition) is 4. The van der Waals surface area contributed by atoms with E-state index in [0.29, 0.717) is 18.0 Å². The molecule has 4 nitrogen and oxygen atoms in total. The number of carbonyl (C=O) groups is 1. The van der Waals surface area contributed by atoms with E-state index < -0.39 is 5.82 Å². The lowest BCUT2D eigenvalue weighted by Crippen LogP contribution is -2.54. The lowest BCUT2D eigenvalue weighted by molar-refractivity contribution is 0.111. The highest BCUT2D eigenvalue weighted by Crippen LogP contribution is 2.16. The largest absolute Gasteiger partial charge is 0.378 e. The van der Waals surface area contributed by atoms with Gasteiger partial charge in [-0.15, -0.1) is 0 Å². The Balaban J connectivity index is 1.81. The Kier molecular flexibility index (Phi) is 4.25. The SMILES string of the molecule is CCCCN1CC(Nc2cnc(C=O)c(F)c2)C1. The van der Waals surface area contributed by atoms with Crippen molar-refractivity contribution in [3.8, 4) is 0 Å². The van der Waals surface area contributed by atoms with Crippen LogP contribution in [0, 0.1) is 5.82 Å². The van der Waals surface area contributed by atoms with Crippen LogP contribution in [0.5, 0.6) is 0 Å². The third kappa shape index (κ3) is 3.04. The molecule has 1 aliphatic rings. The van der Waals surface area contributed by atoms with Gasteiger partial charge in [0.05, 0.1) is 17.9 Å². The summed E-state index contributed by atoms with van der Waals surface area (Å²) in [6.45, 7) is 5.28. The molecule has 0 aliphatic carbocycles. The number of unbranched alkanes of at least 4 members (excludes halogenated alkanes) is 1. The molecule has 0 amide bonds. The summed E-state index contributed by atoms with van der Waals surface area (Å²) in [6.07, 6.45) is 4.35. The van der Waals surface area contributed by atoms with E-state index in [-0.39, 0.29) is 5.69 Å². The van der Waals surface area contributed by atoms with Crippen LogP contribution in [0.1, 0.15) is 30.3 Å². The van der Waals surface area contributed by atoms with Crippen LogP contribution in [0.15, 0.2) is 12.3 Å². The Hall–Kier alpha value is -1.49. The lowest BCUT2D eigenvalue weighted by Gasteiger charge is -2.40. The summed E-state index contributed by atoms with van der Waals surface area (Å²) in [7, 11) is 0. The van der Waals surface area contributed by atoms with Crippen molar-refractivity contribution in [2.24, 2.45) is 0 Å². The molecular weight excluding hydrogens is 233 g/mol. The molecule has 1 fully saturated rings. The monoisotopic (exact) mass is 251 g/mol. The second kappa shape index (κ2) is 5.91. The number of nitrogens with zero attached hydrogens (tertiary/aromatic N) is 2. The second-order valence-electron chi connectivity index (χ2n) is 4.66. The maximum absolute atomic E-state index is 13.3. The summed E-state index contributed by atoms with van der Waals surface area (Å²) in [5, 5.41) is 3.22. The summed E-state index contributed by atoms with van der Waals surface area (Å²) in [5.74, 6) is -0.572. The maximum atomic E-state index is 13.3. The zero-order valence-electron chi connectivity index (χ0n) is 10.5. The molecule has 0 radical (unpaired) electrons. The lowest BCUT2D eigenvalue weighted by atomic mass is 10.1. The summed E-state index contributed by atoms with van der Waals surface area (Å²) in [4.78, 5) is 16.6. The van der Waals surface area contributed by atoms with Gasteiger partial charge in [0, 0.05) is 19.2 Å². The molecule has 2 rings (SSSR count). The minimum absolute atomic E-state index is 0.140. The number of halogens is 1. The number of aldehydes is 1. The number of hydrogen-bond donors (Lipinski definition) is 1. The summed E-state index contributed by atoms with van der Waals surface area (Å²) >= 11 is 0. The Morgan fingerprint density at radius 3 is 3.00 bits per heavy atom. The quantitative estimate of drug-likeness (QED) is 0.785. The standard InChI is InChI=1S/C13H18FN3O/c1-2-3-4-17-7-11(8-17)16-10-5-12(14)13(9-18)15-6-10/h5-6,9,11,16H,2-4,7-8H2,1H3. The minimum atomic E-state index is -0.572. The highest BCUT2D eigenvalue weighted by Gasteiger charge is 2.25. The fourth-order valence-corrected chi connectivity index (χ4v) is 2.08. The van der Waals surface area contributed by atoms with Gasteiger partial charge in [-0.3, -0.25) is 9.69 Å². The van der Waals surface area contributed by atoms with Gasteiger partial charge in [0.15, 0.2) is 12.1 Å². The van der Waals surface area contributed by atoms with Crippen molar-refractivity contribution in [1.82, 2.24) is 9.88 Å². The predicted molar refractivity (Wildman–Crippen MR) is 68.3 cm³/mol. The van der Waals surface area contributed by atoms with Gasteiger partial charge in [-0.05, 0) is 13.0 Å². The van der Waals surface area contributed by atoms with Gasteiger partial charge in [-0.2, -0.15) is 0 Å². The maximum Gasteiger partial charge on any atom is 0.171 e. The fraction of sp³-hybridized carbons (Fsp3) is 0.538. The number of likely N-dealkylation sites (tertiary alicyclic amines) is 1. The molecule has 5 heteroatoms. The van der Waals surface area contributed by atoms with E-state index in [4.69, 9.17) is 0 Å². The number of pyridine rings is 1. The molecule has 2 heterocycles. The predicted octanol–water partition coefficient (Wildman–Crippen LogP) is 1.93.